The van der Waals surface area contributed by atoms with Crippen molar-refractivity contribution in [1.29, 1.82) is 0 Å². The van der Waals surface area contributed by atoms with Crippen LogP contribution in [-0.4, -0.2) is 0 Å². The second-order valence-corrected chi connectivity index (χ2v) is 15.0. The first-order valence-corrected chi connectivity index (χ1v) is 17.9. The molecule has 0 saturated carbocycles. The van der Waals surface area contributed by atoms with Crippen molar-refractivity contribution in [2.45, 2.75) is 33.1 Å². The lowest BCUT2D eigenvalue weighted by Gasteiger charge is -2.30. The minimum absolute atomic E-state index is 0.0796. The first kappa shape index (κ1) is 29.7. The molecule has 0 radical (unpaired) electrons. The Hall–Kier alpha value is -5.44. The molecule has 0 N–H and O–H groups in total. The van der Waals surface area contributed by atoms with E-state index in [1.807, 2.05) is 11.3 Å². The number of anilines is 3. The maximum atomic E-state index is 2.48. The average molecular weight is 648 g/mol. The van der Waals surface area contributed by atoms with E-state index in [9.17, 15) is 0 Å². The summed E-state index contributed by atoms with van der Waals surface area (Å²) in [6.45, 7) is 9.23. The highest BCUT2D eigenvalue weighted by Crippen LogP contribution is 2.51. The van der Waals surface area contributed by atoms with E-state index in [1.54, 1.807) is 0 Å². The highest BCUT2D eigenvalue weighted by atomic mass is 32.1. The average Bonchev–Trinajstić information content (AvgIpc) is 3.62. The quantitative estimate of drug-likeness (QED) is 0.180. The summed E-state index contributed by atoms with van der Waals surface area (Å²) >= 11 is 1.87. The van der Waals surface area contributed by atoms with Crippen molar-refractivity contribution in [1.82, 2.24) is 0 Å². The van der Waals surface area contributed by atoms with Gasteiger partial charge >= 0.3 is 0 Å². The number of nitrogens with zero attached hydrogens (tertiary/aromatic N) is 1. The molecule has 1 heterocycles. The van der Waals surface area contributed by atoms with Crippen molar-refractivity contribution in [2.24, 2.45) is 0 Å². The molecule has 7 aromatic carbocycles. The Balaban J connectivity index is 1.19. The van der Waals surface area contributed by atoms with Crippen LogP contribution in [0.4, 0.5) is 17.1 Å². The van der Waals surface area contributed by atoms with E-state index >= 15 is 0 Å². The summed E-state index contributed by atoms with van der Waals surface area (Å²) in [5, 5.41) is 2.64. The summed E-state index contributed by atoms with van der Waals surface area (Å²) in [5.41, 5.74) is 16.4. The van der Waals surface area contributed by atoms with Crippen LogP contribution in [0.5, 0.6) is 0 Å². The molecule has 0 spiro atoms. The number of rotatable bonds is 5. The summed E-state index contributed by atoms with van der Waals surface area (Å²) in [7, 11) is 0. The van der Waals surface area contributed by atoms with Crippen LogP contribution < -0.4 is 4.90 Å². The smallest absolute Gasteiger partial charge is 0.0493 e. The topological polar surface area (TPSA) is 3.24 Å². The first-order valence-electron chi connectivity index (χ1n) is 17.1. The van der Waals surface area contributed by atoms with Crippen molar-refractivity contribution >= 4 is 48.6 Å². The van der Waals surface area contributed by atoms with Crippen LogP contribution in [0.3, 0.4) is 0 Å². The van der Waals surface area contributed by atoms with Gasteiger partial charge in [0.15, 0.2) is 0 Å². The predicted octanol–water partition coefficient (Wildman–Crippen LogP) is 13.8. The van der Waals surface area contributed by atoms with Crippen molar-refractivity contribution in [3.05, 3.63) is 174 Å². The molecule has 0 bridgehead atoms. The molecule has 8 aromatic rings. The molecule has 0 unspecified atom stereocenters. The van der Waals surface area contributed by atoms with Crippen LogP contribution >= 0.6 is 11.3 Å². The van der Waals surface area contributed by atoms with Crippen LogP contribution in [0, 0.1) is 13.8 Å². The van der Waals surface area contributed by atoms with Gasteiger partial charge in [-0.05, 0) is 112 Å². The molecule has 0 aliphatic heterocycles. The zero-order chi connectivity index (χ0) is 33.3. The first-order chi connectivity index (χ1) is 23.9. The van der Waals surface area contributed by atoms with E-state index in [0.717, 1.165) is 0 Å². The third-order valence-corrected chi connectivity index (χ3v) is 11.7. The molecule has 0 fully saturated rings. The second-order valence-electron chi connectivity index (χ2n) is 13.9. The lowest BCUT2D eigenvalue weighted by atomic mass is 9.82. The lowest BCUT2D eigenvalue weighted by molar-refractivity contribution is 0.660. The van der Waals surface area contributed by atoms with Gasteiger partial charge in [-0.25, -0.2) is 0 Å². The predicted molar refractivity (Wildman–Crippen MR) is 212 cm³/mol. The number of fused-ring (bicyclic) bond motifs is 6. The van der Waals surface area contributed by atoms with Crippen molar-refractivity contribution in [2.75, 3.05) is 4.90 Å². The molecule has 49 heavy (non-hydrogen) atoms. The summed E-state index contributed by atoms with van der Waals surface area (Å²) < 4.78 is 2.63. The Morgan fingerprint density at radius 3 is 1.92 bits per heavy atom. The van der Waals surface area contributed by atoms with Gasteiger partial charge in [0.2, 0.25) is 0 Å². The molecule has 0 atom stereocenters. The van der Waals surface area contributed by atoms with Crippen molar-refractivity contribution in [3.8, 4) is 33.4 Å². The molecule has 0 saturated heterocycles. The fourth-order valence-corrected chi connectivity index (χ4v) is 9.08. The van der Waals surface area contributed by atoms with Crippen LogP contribution in [-0.2, 0) is 5.41 Å². The standard InChI is InChI=1S/C47H37NS/c1-30-27-44(31(2)26-41(30)34-20-18-33(19-21-34)32-12-6-5-7-13-32)48(36-23-25-40-39-15-9-11-17-45(39)49-46(40)29-36)35-22-24-38-37-14-8-10-16-42(37)47(3,4)43(38)28-35/h5-29H,1-4H3. The minimum Gasteiger partial charge on any atom is -0.310 e. The zero-order valence-electron chi connectivity index (χ0n) is 28.3. The lowest BCUT2D eigenvalue weighted by Crippen LogP contribution is -2.17. The van der Waals surface area contributed by atoms with E-state index in [-0.39, 0.29) is 5.41 Å². The largest absolute Gasteiger partial charge is 0.310 e. The molecule has 2 heteroatoms. The number of thiophene rings is 1. The summed E-state index contributed by atoms with van der Waals surface area (Å²) in [5.74, 6) is 0. The number of benzene rings is 7. The Morgan fingerprint density at radius 2 is 1.08 bits per heavy atom. The van der Waals surface area contributed by atoms with Gasteiger partial charge in [-0.3, -0.25) is 0 Å². The third-order valence-electron chi connectivity index (χ3n) is 10.5. The van der Waals surface area contributed by atoms with Crippen LogP contribution in [0.25, 0.3) is 53.6 Å². The Morgan fingerprint density at radius 1 is 0.449 bits per heavy atom. The van der Waals surface area contributed by atoms with E-state index in [1.165, 1.54) is 92.9 Å². The molecule has 9 rings (SSSR count). The normalized spacial score (nSPS) is 13.1. The Bertz CT molecular complexity index is 2540. The van der Waals surface area contributed by atoms with Gasteiger partial charge in [-0.1, -0.05) is 123 Å². The Kier molecular flexibility index (Phi) is 6.86. The number of hydrogen-bond acceptors (Lipinski definition) is 2. The molecule has 1 aromatic heterocycles. The second kappa shape index (κ2) is 11.3. The molecule has 1 aliphatic carbocycles. The summed E-state index contributed by atoms with van der Waals surface area (Å²) in [6, 6.07) is 56.1. The van der Waals surface area contributed by atoms with Gasteiger partial charge in [-0.15, -0.1) is 11.3 Å². The fraction of sp³-hybridized carbons (Fsp3) is 0.106. The van der Waals surface area contributed by atoms with E-state index in [0.29, 0.717) is 0 Å². The van der Waals surface area contributed by atoms with Gasteiger partial charge < -0.3 is 4.90 Å². The van der Waals surface area contributed by atoms with Gasteiger partial charge in [-0.2, -0.15) is 0 Å². The van der Waals surface area contributed by atoms with Crippen LogP contribution in [0.15, 0.2) is 152 Å². The molecule has 1 aliphatic rings. The van der Waals surface area contributed by atoms with Crippen molar-refractivity contribution in [3.63, 3.8) is 0 Å². The molecular formula is C47H37NS. The summed E-state index contributed by atoms with van der Waals surface area (Å²) in [6.07, 6.45) is 0. The van der Waals surface area contributed by atoms with Crippen LogP contribution in [0.1, 0.15) is 36.1 Å². The summed E-state index contributed by atoms with van der Waals surface area (Å²) in [4.78, 5) is 2.48. The molecule has 1 nitrogen and oxygen atoms in total. The Labute approximate surface area is 292 Å². The highest BCUT2D eigenvalue weighted by Gasteiger charge is 2.35. The SMILES string of the molecule is Cc1cc(N(c2ccc3c(c2)C(C)(C)c2ccccc2-3)c2ccc3c(c2)sc2ccccc23)c(C)cc1-c1ccc(-c2ccccc2)cc1. The monoisotopic (exact) mass is 647 g/mol. The number of hydrogen-bond donors (Lipinski definition) is 0. The third kappa shape index (κ3) is 4.82. The maximum Gasteiger partial charge on any atom is 0.0493 e. The van der Waals surface area contributed by atoms with Crippen molar-refractivity contribution < 1.29 is 0 Å². The van der Waals surface area contributed by atoms with Gasteiger partial charge in [0, 0.05) is 42.6 Å². The number of aryl methyl sites for hydroxylation is 2. The minimum atomic E-state index is -0.0796. The van der Waals surface area contributed by atoms with Gasteiger partial charge in [0.05, 0.1) is 0 Å². The van der Waals surface area contributed by atoms with E-state index in [2.05, 4.69) is 184 Å². The maximum absolute atomic E-state index is 2.48. The van der Waals surface area contributed by atoms with Crippen LogP contribution in [0.2, 0.25) is 0 Å². The molecule has 0 amide bonds. The van der Waals surface area contributed by atoms with Gasteiger partial charge in [0.25, 0.3) is 0 Å². The fourth-order valence-electron chi connectivity index (χ4n) is 7.94. The molecular weight excluding hydrogens is 611 g/mol. The van der Waals surface area contributed by atoms with Gasteiger partial charge in [0.1, 0.15) is 0 Å². The highest BCUT2D eigenvalue weighted by molar-refractivity contribution is 7.25. The van der Waals surface area contributed by atoms with E-state index < -0.39 is 0 Å². The van der Waals surface area contributed by atoms with E-state index in [4.69, 9.17) is 0 Å². The molecule has 236 valence electrons. The zero-order valence-corrected chi connectivity index (χ0v) is 29.1.